The number of benzene rings is 3. The highest BCUT2D eigenvalue weighted by Crippen LogP contribution is 2.21. The van der Waals surface area contributed by atoms with Gasteiger partial charge >= 0.3 is 5.97 Å². The lowest BCUT2D eigenvalue weighted by molar-refractivity contribution is -0.121. The molecule has 3 aromatic carbocycles. The molecule has 1 N–H and O–H groups in total. The summed E-state index contributed by atoms with van der Waals surface area (Å²) in [7, 11) is 1.27. The Morgan fingerprint density at radius 1 is 0.795 bits per heavy atom. The van der Waals surface area contributed by atoms with Crippen molar-refractivity contribution in [2.75, 3.05) is 12.0 Å². The molecule has 10 heteroatoms. The number of para-hydroxylation sites is 2. The summed E-state index contributed by atoms with van der Waals surface area (Å²) in [6, 6.07) is 29.6. The van der Waals surface area contributed by atoms with Gasteiger partial charge in [-0.2, -0.15) is 4.73 Å². The first-order chi connectivity index (χ1) is 21.2. The lowest BCUT2D eigenvalue weighted by Crippen LogP contribution is -2.28. The van der Waals surface area contributed by atoms with Gasteiger partial charge in [-0.15, -0.1) is 0 Å². The van der Waals surface area contributed by atoms with Crippen LogP contribution in [0.3, 0.4) is 0 Å². The number of carbonyl (C=O) groups is 3. The number of amides is 2. The quantitative estimate of drug-likeness (QED) is 0.169. The lowest BCUT2D eigenvalue weighted by atomic mass is 10.1. The highest BCUT2D eigenvalue weighted by molar-refractivity contribution is 6.19. The van der Waals surface area contributed by atoms with E-state index >= 15 is 0 Å². The highest BCUT2D eigenvalue weighted by Gasteiger charge is 2.29. The number of hydrogen-bond acceptors (Lipinski definition) is 7. The Morgan fingerprint density at radius 3 is 1.82 bits per heavy atom. The molecular formula is C34H32N4O6. The van der Waals surface area contributed by atoms with E-state index < -0.39 is 5.97 Å². The molecule has 5 aromatic rings. The molecule has 10 nitrogen and oxygen atoms in total. The Labute approximate surface area is 254 Å². The number of carbonyl (C=O) groups excluding carboxylic acids is 3. The average molecular weight is 593 g/mol. The third kappa shape index (κ3) is 7.16. The minimum atomic E-state index is -0.604. The van der Waals surface area contributed by atoms with Gasteiger partial charge in [-0.05, 0) is 38.1 Å². The normalized spacial score (nSPS) is 12.1. The maximum Gasteiger partial charge on any atom is 0.343 e. The van der Waals surface area contributed by atoms with Crippen molar-refractivity contribution in [2.24, 2.45) is 0 Å². The first kappa shape index (κ1) is 31.2. The molecule has 0 spiro atoms. The van der Waals surface area contributed by atoms with Crippen LogP contribution in [-0.4, -0.2) is 44.4 Å². The van der Waals surface area contributed by atoms with Crippen molar-refractivity contribution in [3.8, 4) is 17.1 Å². The molecule has 0 saturated carbocycles. The smallest absolute Gasteiger partial charge is 0.343 e. The summed E-state index contributed by atoms with van der Waals surface area (Å²) in [4.78, 5) is 51.5. The van der Waals surface area contributed by atoms with Crippen LogP contribution in [0, 0.1) is 13.8 Å². The van der Waals surface area contributed by atoms with Crippen molar-refractivity contribution in [2.45, 2.75) is 26.7 Å². The van der Waals surface area contributed by atoms with Crippen LogP contribution >= 0.6 is 0 Å². The van der Waals surface area contributed by atoms with Gasteiger partial charge in [0.1, 0.15) is 5.56 Å². The zero-order chi connectivity index (χ0) is 31.6. The topological polar surface area (TPSA) is 124 Å². The van der Waals surface area contributed by atoms with Crippen molar-refractivity contribution in [3.05, 3.63) is 137 Å². The molecule has 2 aromatic heterocycles. The van der Waals surface area contributed by atoms with Crippen LogP contribution in [0.15, 0.2) is 114 Å². The van der Waals surface area contributed by atoms with Crippen molar-refractivity contribution in [1.29, 1.82) is 0 Å². The number of hydrogen-bond donors (Lipinski definition) is 1. The van der Waals surface area contributed by atoms with Gasteiger partial charge in [0.25, 0.3) is 0 Å². The molecule has 2 amide bonds. The van der Waals surface area contributed by atoms with E-state index in [-0.39, 0.29) is 22.8 Å². The van der Waals surface area contributed by atoms with E-state index in [0.717, 1.165) is 21.7 Å². The predicted octanol–water partition coefficient (Wildman–Crippen LogP) is 5.37. The van der Waals surface area contributed by atoms with Crippen LogP contribution in [-0.2, 0) is 14.3 Å². The minimum absolute atomic E-state index is 0.0805. The molecule has 0 aliphatic carbocycles. The first-order valence-electron chi connectivity index (χ1n) is 13.8. The maximum absolute atomic E-state index is 11.9. The molecule has 0 radical (unpaired) electrons. The molecule has 1 saturated heterocycles. The monoisotopic (exact) mass is 592 g/mol. The number of nitrogens with zero attached hydrogens (tertiary/aromatic N) is 4. The second-order valence-electron chi connectivity index (χ2n) is 9.69. The number of rotatable bonds is 4. The van der Waals surface area contributed by atoms with E-state index in [1.54, 1.807) is 25.3 Å². The molecule has 6 rings (SSSR count). The van der Waals surface area contributed by atoms with Crippen molar-refractivity contribution >= 4 is 23.5 Å². The summed E-state index contributed by atoms with van der Waals surface area (Å²) in [5, 5.41) is 9.26. The van der Waals surface area contributed by atoms with Gasteiger partial charge < -0.3 is 14.5 Å². The van der Waals surface area contributed by atoms with Gasteiger partial charge in [-0.25, -0.2) is 9.78 Å². The van der Waals surface area contributed by atoms with Crippen LogP contribution < -0.4 is 10.3 Å². The molecule has 1 aliphatic rings. The lowest BCUT2D eigenvalue weighted by Gasteiger charge is -2.16. The summed E-state index contributed by atoms with van der Waals surface area (Å²) >= 11 is 0. The maximum atomic E-state index is 11.9. The van der Waals surface area contributed by atoms with Crippen molar-refractivity contribution in [3.63, 3.8) is 0 Å². The van der Waals surface area contributed by atoms with Gasteiger partial charge in [0.05, 0.1) is 19.0 Å². The van der Waals surface area contributed by atoms with Gasteiger partial charge in [-0.1, -0.05) is 66.7 Å². The Bertz CT molecular complexity index is 1780. The first-order valence-corrected chi connectivity index (χ1v) is 13.8. The predicted molar refractivity (Wildman–Crippen MR) is 166 cm³/mol. The van der Waals surface area contributed by atoms with Gasteiger partial charge in [0.15, 0.2) is 11.3 Å². The van der Waals surface area contributed by atoms with E-state index in [0.29, 0.717) is 30.0 Å². The summed E-state index contributed by atoms with van der Waals surface area (Å²) in [5.74, 6) is -0.241. The number of esters is 1. The molecule has 1 aliphatic heterocycles. The number of methoxy groups -OCH3 is 1. The van der Waals surface area contributed by atoms with E-state index in [9.17, 15) is 24.4 Å². The fraction of sp³-hybridized carbons (Fsp3) is 0.147. The molecule has 0 bridgehead atoms. The third-order valence-corrected chi connectivity index (χ3v) is 6.76. The molecule has 0 unspecified atom stereocenters. The summed E-state index contributed by atoms with van der Waals surface area (Å²) in [5.41, 5.74) is 3.62. The van der Waals surface area contributed by atoms with Crippen molar-refractivity contribution in [1.82, 2.24) is 14.3 Å². The number of aromatic nitrogens is 3. The zero-order valence-corrected chi connectivity index (χ0v) is 24.6. The molecule has 0 atom stereocenters. The minimum Gasteiger partial charge on any atom is -0.465 e. The van der Waals surface area contributed by atoms with Crippen LogP contribution in [0.25, 0.3) is 17.1 Å². The number of imide groups is 1. The third-order valence-electron chi connectivity index (χ3n) is 6.76. The fourth-order valence-electron chi connectivity index (χ4n) is 4.74. The number of anilines is 1. The average Bonchev–Trinajstić information content (AvgIpc) is 3.62. The van der Waals surface area contributed by atoms with E-state index in [1.165, 1.54) is 24.3 Å². The summed E-state index contributed by atoms with van der Waals surface area (Å²) < 4.78 is 7.55. The highest BCUT2D eigenvalue weighted by atomic mass is 16.5. The number of imidazole rings is 1. The van der Waals surface area contributed by atoms with Gasteiger partial charge in [0, 0.05) is 47.7 Å². The van der Waals surface area contributed by atoms with Gasteiger partial charge in [-0.3, -0.25) is 19.3 Å². The molecular weight excluding hydrogens is 560 g/mol. The van der Waals surface area contributed by atoms with E-state index in [1.807, 2.05) is 90.4 Å². The van der Waals surface area contributed by atoms with Crippen LogP contribution in [0.2, 0.25) is 0 Å². The second-order valence-corrected chi connectivity index (χ2v) is 9.69. The molecule has 44 heavy (non-hydrogen) atoms. The van der Waals surface area contributed by atoms with Crippen LogP contribution in [0.4, 0.5) is 5.69 Å². The Morgan fingerprint density at radius 2 is 1.32 bits per heavy atom. The molecule has 224 valence electrons. The Balaban J connectivity index is 0.000000156. The Kier molecular flexibility index (Phi) is 10.2. The largest absolute Gasteiger partial charge is 0.465 e. The Hall–Kier alpha value is -5.77. The molecule has 1 fully saturated rings. The van der Waals surface area contributed by atoms with Gasteiger partial charge in [0.2, 0.25) is 11.8 Å². The van der Waals surface area contributed by atoms with E-state index in [4.69, 9.17) is 0 Å². The second kappa shape index (κ2) is 14.4. The SMILES string of the molecule is COC(=O)c1c(C)n(-c2ccccc2)c(C)cc1=O.O=C1CCC(=O)N1c1ccccc1.On1ccnc1-c1ccccc1. The fourth-order valence-corrected chi connectivity index (χ4v) is 4.74. The zero-order valence-electron chi connectivity index (χ0n) is 24.6. The number of ether oxygens (including phenoxy) is 1. The van der Waals surface area contributed by atoms with Crippen LogP contribution in [0.5, 0.6) is 0 Å². The summed E-state index contributed by atoms with van der Waals surface area (Å²) in [6.07, 6.45) is 3.74. The number of aryl methyl sites for hydroxylation is 1. The standard InChI is InChI=1S/C15H15NO3.C10H9NO2.C9H8N2O/c1-10-9-13(17)14(15(18)19-3)11(2)16(10)12-7-5-4-6-8-12;12-9-6-7-10(13)11(9)8-4-2-1-3-5-8;12-11-7-6-10-9(11)8-4-2-1-3-5-8/h4-9H,1-3H3;1-5H,6-7H2;1-7,12H. The van der Waals surface area contributed by atoms with E-state index in [2.05, 4.69) is 9.72 Å². The summed E-state index contributed by atoms with van der Waals surface area (Å²) in [6.45, 7) is 3.58. The number of pyridine rings is 1. The molecule has 3 heterocycles. The van der Waals surface area contributed by atoms with Crippen molar-refractivity contribution < 1.29 is 24.3 Å². The van der Waals surface area contributed by atoms with Crippen LogP contribution in [0.1, 0.15) is 34.6 Å².